The zero-order chi connectivity index (χ0) is 23.6. The van der Waals surface area contributed by atoms with Gasteiger partial charge in [0.15, 0.2) is 5.78 Å². The Morgan fingerprint density at radius 3 is 2.50 bits per heavy atom. The van der Waals surface area contributed by atoms with Gasteiger partial charge in [-0.1, -0.05) is 11.6 Å². The van der Waals surface area contributed by atoms with Gasteiger partial charge in [0.05, 0.1) is 12.0 Å². The van der Waals surface area contributed by atoms with Gasteiger partial charge in [-0.05, 0) is 58.1 Å². The average Bonchev–Trinajstić information content (AvgIpc) is 2.65. The molecule has 2 aromatic rings. The van der Waals surface area contributed by atoms with E-state index in [-0.39, 0.29) is 46.5 Å². The molecule has 5 N–H and O–H groups in total. The van der Waals surface area contributed by atoms with Crippen molar-refractivity contribution in [1.82, 2.24) is 0 Å². The summed E-state index contributed by atoms with van der Waals surface area (Å²) in [7, 11) is 0. The van der Waals surface area contributed by atoms with Crippen LogP contribution in [0.2, 0.25) is 0 Å². The SMILES string of the molecule is C/C(=C\Cc1cc(C2CC(=O)c3c(O)cc(O)cc3O2)c(O)cc1O)CCCC(C)(C)O. The van der Waals surface area contributed by atoms with Crippen molar-refractivity contribution in [3.8, 4) is 28.7 Å². The number of aliphatic hydroxyl groups is 1. The Bertz CT molecular complexity index is 1050. The van der Waals surface area contributed by atoms with Crippen molar-refractivity contribution in [2.24, 2.45) is 0 Å². The van der Waals surface area contributed by atoms with Crippen LogP contribution in [0.1, 0.15) is 74.0 Å². The van der Waals surface area contributed by atoms with Gasteiger partial charge in [-0.25, -0.2) is 0 Å². The van der Waals surface area contributed by atoms with Crippen LogP contribution in [-0.2, 0) is 6.42 Å². The first-order valence-electron chi connectivity index (χ1n) is 10.6. The fraction of sp³-hybridized carbons (Fsp3) is 0.400. The Kier molecular flexibility index (Phi) is 6.69. The van der Waals surface area contributed by atoms with E-state index in [4.69, 9.17) is 4.74 Å². The van der Waals surface area contributed by atoms with Crippen LogP contribution >= 0.6 is 0 Å². The van der Waals surface area contributed by atoms with Crippen LogP contribution in [0.15, 0.2) is 35.9 Å². The molecule has 1 heterocycles. The van der Waals surface area contributed by atoms with Gasteiger partial charge in [-0.3, -0.25) is 4.79 Å². The van der Waals surface area contributed by atoms with Crippen LogP contribution in [0.5, 0.6) is 28.7 Å². The molecule has 0 fully saturated rings. The van der Waals surface area contributed by atoms with Gasteiger partial charge < -0.3 is 30.3 Å². The molecule has 1 aliphatic heterocycles. The summed E-state index contributed by atoms with van der Waals surface area (Å²) in [6.45, 7) is 5.55. The number of carbonyl (C=O) groups excluding carboxylic acids is 1. The third-order valence-electron chi connectivity index (χ3n) is 5.59. The lowest BCUT2D eigenvalue weighted by Crippen LogP contribution is -2.20. The largest absolute Gasteiger partial charge is 0.508 e. The highest BCUT2D eigenvalue weighted by molar-refractivity contribution is 6.02. The van der Waals surface area contributed by atoms with Gasteiger partial charge in [-0.15, -0.1) is 0 Å². The first-order valence-corrected chi connectivity index (χ1v) is 10.6. The van der Waals surface area contributed by atoms with Gasteiger partial charge in [0.25, 0.3) is 0 Å². The van der Waals surface area contributed by atoms with Crippen LogP contribution in [0, 0.1) is 0 Å². The first kappa shape index (κ1) is 23.5. The van der Waals surface area contributed by atoms with Crippen molar-refractivity contribution >= 4 is 5.78 Å². The van der Waals surface area contributed by atoms with Crippen molar-refractivity contribution < 1.29 is 35.1 Å². The standard InChI is InChI=1S/C25H30O7/c1-14(5-4-8-25(2,3)31)6-7-15-9-17(19(28)12-18(15)27)22-13-21(30)24-20(29)10-16(26)11-23(24)32-22/h6,9-12,22,26-29,31H,4-5,7-8,13H2,1-3H3/b14-6+. The maximum atomic E-state index is 12.6. The number of phenols is 4. The molecule has 2 aromatic carbocycles. The Balaban J connectivity index is 1.80. The van der Waals surface area contributed by atoms with E-state index in [2.05, 4.69) is 0 Å². The van der Waals surface area contributed by atoms with Gasteiger partial charge in [0.1, 0.15) is 40.4 Å². The summed E-state index contributed by atoms with van der Waals surface area (Å²) in [5.74, 6) is -1.20. The molecule has 172 valence electrons. The Hall–Kier alpha value is -3.19. The van der Waals surface area contributed by atoms with E-state index in [1.165, 1.54) is 12.1 Å². The maximum absolute atomic E-state index is 12.6. The molecule has 7 heteroatoms. The number of benzene rings is 2. The van der Waals surface area contributed by atoms with Crippen molar-refractivity contribution in [1.29, 1.82) is 0 Å². The van der Waals surface area contributed by atoms with E-state index >= 15 is 0 Å². The minimum absolute atomic E-state index is 0.00200. The number of carbonyl (C=O) groups is 1. The van der Waals surface area contributed by atoms with E-state index in [9.17, 15) is 30.3 Å². The van der Waals surface area contributed by atoms with Crippen LogP contribution in [0.25, 0.3) is 0 Å². The lowest BCUT2D eigenvalue weighted by Gasteiger charge is -2.27. The van der Waals surface area contributed by atoms with Gasteiger partial charge >= 0.3 is 0 Å². The summed E-state index contributed by atoms with van der Waals surface area (Å²) < 4.78 is 5.81. The molecular weight excluding hydrogens is 412 g/mol. The predicted octanol–water partition coefficient (Wildman–Crippen LogP) is 4.65. The Morgan fingerprint density at radius 1 is 1.09 bits per heavy atom. The van der Waals surface area contributed by atoms with E-state index in [0.29, 0.717) is 24.0 Å². The summed E-state index contributed by atoms with van der Waals surface area (Å²) >= 11 is 0. The Labute approximate surface area is 187 Å². The lowest BCUT2D eigenvalue weighted by atomic mass is 9.93. The van der Waals surface area contributed by atoms with Crippen molar-refractivity contribution in [3.63, 3.8) is 0 Å². The number of phenolic OH excluding ortho intramolecular Hbond substituents is 4. The molecule has 1 atom stereocenters. The highest BCUT2D eigenvalue weighted by Crippen LogP contribution is 2.44. The van der Waals surface area contributed by atoms with Crippen molar-refractivity contribution in [2.75, 3.05) is 0 Å². The van der Waals surface area contributed by atoms with Crippen LogP contribution in [0.4, 0.5) is 0 Å². The number of Topliss-reactive ketones (excluding diaryl/α,β-unsaturated/α-hetero) is 1. The molecule has 0 spiro atoms. The minimum Gasteiger partial charge on any atom is -0.508 e. The number of hydrogen-bond acceptors (Lipinski definition) is 7. The molecule has 0 radical (unpaired) electrons. The van der Waals surface area contributed by atoms with E-state index in [1.807, 2.05) is 13.0 Å². The number of allylic oxidation sites excluding steroid dienone is 2. The number of ketones is 1. The van der Waals surface area contributed by atoms with E-state index < -0.39 is 11.7 Å². The average molecular weight is 443 g/mol. The molecule has 7 nitrogen and oxygen atoms in total. The molecule has 0 aliphatic carbocycles. The summed E-state index contributed by atoms with van der Waals surface area (Å²) in [6, 6.07) is 5.16. The molecule has 1 aliphatic rings. The summed E-state index contributed by atoms with van der Waals surface area (Å²) in [5, 5.41) is 50.2. The predicted molar refractivity (Wildman–Crippen MR) is 119 cm³/mol. The number of aromatic hydroxyl groups is 4. The summed E-state index contributed by atoms with van der Waals surface area (Å²) in [6.07, 6.45) is 3.83. The maximum Gasteiger partial charge on any atom is 0.174 e. The second-order valence-electron chi connectivity index (χ2n) is 9.03. The monoisotopic (exact) mass is 442 g/mol. The molecule has 0 aromatic heterocycles. The highest BCUT2D eigenvalue weighted by Gasteiger charge is 2.32. The zero-order valence-corrected chi connectivity index (χ0v) is 18.6. The van der Waals surface area contributed by atoms with Crippen LogP contribution in [0.3, 0.4) is 0 Å². The van der Waals surface area contributed by atoms with Gasteiger partial charge in [-0.2, -0.15) is 0 Å². The third-order valence-corrected chi connectivity index (χ3v) is 5.59. The quantitative estimate of drug-likeness (QED) is 0.395. The molecule has 0 saturated carbocycles. The lowest BCUT2D eigenvalue weighted by molar-refractivity contribution is 0.0689. The molecule has 0 saturated heterocycles. The van der Waals surface area contributed by atoms with Crippen molar-refractivity contribution in [2.45, 2.75) is 64.6 Å². The van der Waals surface area contributed by atoms with Crippen LogP contribution in [-0.4, -0.2) is 36.9 Å². The second-order valence-corrected chi connectivity index (χ2v) is 9.03. The minimum atomic E-state index is -0.826. The fourth-order valence-corrected chi connectivity index (χ4v) is 3.85. The van der Waals surface area contributed by atoms with Gasteiger partial charge in [0.2, 0.25) is 0 Å². The van der Waals surface area contributed by atoms with Crippen molar-refractivity contribution in [3.05, 3.63) is 52.6 Å². The van der Waals surface area contributed by atoms with Crippen LogP contribution < -0.4 is 4.74 Å². The molecule has 1 unspecified atom stereocenters. The van der Waals surface area contributed by atoms with E-state index in [1.54, 1.807) is 19.9 Å². The fourth-order valence-electron chi connectivity index (χ4n) is 3.85. The van der Waals surface area contributed by atoms with Gasteiger partial charge in [0, 0.05) is 23.8 Å². The first-order chi connectivity index (χ1) is 14.9. The summed E-state index contributed by atoms with van der Waals surface area (Å²) in [5.41, 5.74) is 1.33. The number of rotatable bonds is 7. The molecule has 0 bridgehead atoms. The zero-order valence-electron chi connectivity index (χ0n) is 18.6. The molecular formula is C25H30O7. The number of fused-ring (bicyclic) bond motifs is 1. The number of ether oxygens (including phenoxy) is 1. The van der Waals surface area contributed by atoms with E-state index in [0.717, 1.165) is 24.5 Å². The molecule has 32 heavy (non-hydrogen) atoms. The summed E-state index contributed by atoms with van der Waals surface area (Å²) in [4.78, 5) is 12.6. The third kappa shape index (κ3) is 5.53. The second kappa shape index (κ2) is 9.12. The highest BCUT2D eigenvalue weighted by atomic mass is 16.5. The Morgan fingerprint density at radius 2 is 1.81 bits per heavy atom. The normalized spacial score (nSPS) is 16.6. The smallest absolute Gasteiger partial charge is 0.174 e. The topological polar surface area (TPSA) is 127 Å². The number of hydrogen-bond donors (Lipinski definition) is 5. The molecule has 0 amide bonds. The molecule has 3 rings (SSSR count).